The third-order valence-electron chi connectivity index (χ3n) is 6.83. The molecule has 2 aliphatic carbocycles. The molecule has 1 saturated heterocycles. The number of ether oxygens (including phenoxy) is 1. The van der Waals surface area contributed by atoms with Crippen molar-refractivity contribution in [3.8, 4) is 0 Å². The number of carbonyl (C=O) groups excluding carboxylic acids is 2. The third kappa shape index (κ3) is 1.92. The van der Waals surface area contributed by atoms with Gasteiger partial charge in [-0.25, -0.2) is 0 Å². The number of allylic oxidation sites excluding steroid dienone is 2. The monoisotopic (exact) mass is 348 g/mol. The molecule has 4 rings (SSSR count). The molecule has 0 bridgehead atoms. The average molecular weight is 349 g/mol. The van der Waals surface area contributed by atoms with Crippen LogP contribution < -0.4 is 0 Å². The van der Waals surface area contributed by atoms with Crippen molar-refractivity contribution in [3.05, 3.63) is 11.3 Å². The molecular formula is C20H28O3S. The van der Waals surface area contributed by atoms with Crippen LogP contribution in [0.25, 0.3) is 0 Å². The van der Waals surface area contributed by atoms with Crippen LogP contribution in [0, 0.1) is 10.8 Å². The molecule has 0 N–H and O–H groups in total. The summed E-state index contributed by atoms with van der Waals surface area (Å²) >= 11 is 1.85. The zero-order valence-corrected chi connectivity index (χ0v) is 16.1. The van der Waals surface area contributed by atoms with E-state index < -0.39 is 5.41 Å². The molecule has 3 atom stereocenters. The molecule has 4 heteroatoms. The van der Waals surface area contributed by atoms with E-state index in [-0.39, 0.29) is 26.7 Å². The Balaban J connectivity index is 1.89. The second-order valence-corrected chi connectivity index (χ2v) is 10.7. The topological polar surface area (TPSA) is 43.4 Å². The van der Waals surface area contributed by atoms with Gasteiger partial charge in [0.15, 0.2) is 10.7 Å². The van der Waals surface area contributed by atoms with Gasteiger partial charge in [-0.05, 0) is 38.5 Å². The molecule has 0 radical (unpaired) electrons. The van der Waals surface area contributed by atoms with E-state index >= 15 is 0 Å². The number of carbonyl (C=O) groups is 2. The van der Waals surface area contributed by atoms with Crippen molar-refractivity contribution in [1.29, 1.82) is 0 Å². The second-order valence-electron chi connectivity index (χ2n) is 9.12. The SMILES string of the molecule is CC(=O)[C@]1(C)C2=C(CC(C)(C)CC2=O)O[C@]23CCCCCC[C@]12S3. The molecule has 0 spiro atoms. The van der Waals surface area contributed by atoms with Crippen molar-refractivity contribution in [2.75, 3.05) is 0 Å². The minimum absolute atomic E-state index is 0.0779. The Morgan fingerprint density at radius 1 is 1.04 bits per heavy atom. The molecule has 0 aromatic rings. The fourth-order valence-electron chi connectivity index (χ4n) is 5.49. The van der Waals surface area contributed by atoms with E-state index in [0.29, 0.717) is 6.42 Å². The van der Waals surface area contributed by atoms with Crippen molar-refractivity contribution in [1.82, 2.24) is 0 Å². The van der Waals surface area contributed by atoms with E-state index in [0.717, 1.165) is 43.4 Å². The fourth-order valence-corrected chi connectivity index (χ4v) is 7.54. The van der Waals surface area contributed by atoms with Gasteiger partial charge in [0.25, 0.3) is 0 Å². The van der Waals surface area contributed by atoms with Gasteiger partial charge in [0.05, 0.1) is 10.2 Å². The number of Topliss-reactive ketones (excluding diaryl/α,β-unsaturated/α-hetero) is 2. The first-order valence-corrected chi connectivity index (χ1v) is 10.2. The first-order chi connectivity index (χ1) is 11.2. The van der Waals surface area contributed by atoms with Crippen molar-refractivity contribution in [2.45, 2.75) is 88.7 Å². The van der Waals surface area contributed by atoms with Crippen LogP contribution in [-0.2, 0) is 14.3 Å². The van der Waals surface area contributed by atoms with Gasteiger partial charge in [0.2, 0.25) is 0 Å². The van der Waals surface area contributed by atoms with E-state index in [1.807, 2.05) is 18.7 Å². The fraction of sp³-hybridized carbons (Fsp3) is 0.800. The van der Waals surface area contributed by atoms with Gasteiger partial charge in [0.1, 0.15) is 11.5 Å². The molecule has 0 aromatic heterocycles. The number of thioether (sulfide) groups is 1. The van der Waals surface area contributed by atoms with E-state index in [4.69, 9.17) is 4.74 Å². The Labute approximate surface area is 149 Å². The maximum absolute atomic E-state index is 13.1. The Bertz CT molecular complexity index is 664. The molecule has 2 heterocycles. The molecule has 0 amide bonds. The van der Waals surface area contributed by atoms with Crippen molar-refractivity contribution >= 4 is 23.3 Å². The van der Waals surface area contributed by atoms with E-state index in [1.165, 1.54) is 12.8 Å². The molecule has 4 aliphatic rings. The summed E-state index contributed by atoms with van der Waals surface area (Å²) in [7, 11) is 0. The Kier molecular flexibility index (Phi) is 3.40. The summed E-state index contributed by atoms with van der Waals surface area (Å²) in [5, 5.41) is 0. The van der Waals surface area contributed by atoms with Crippen LogP contribution in [0.4, 0.5) is 0 Å². The first-order valence-electron chi connectivity index (χ1n) is 9.35. The summed E-state index contributed by atoms with van der Waals surface area (Å²) in [4.78, 5) is 25.7. The molecule has 2 fully saturated rings. The third-order valence-corrected chi connectivity index (χ3v) is 8.89. The smallest absolute Gasteiger partial charge is 0.170 e. The van der Waals surface area contributed by atoms with Crippen LogP contribution in [-0.4, -0.2) is 21.2 Å². The summed E-state index contributed by atoms with van der Waals surface area (Å²) in [5.41, 5.74) is -0.0442. The predicted octanol–water partition coefficient (Wildman–Crippen LogP) is 4.79. The zero-order valence-electron chi connectivity index (χ0n) is 15.3. The highest BCUT2D eigenvalue weighted by atomic mass is 32.2. The van der Waals surface area contributed by atoms with Crippen LogP contribution in [0.5, 0.6) is 0 Å². The second kappa shape index (κ2) is 4.90. The molecule has 3 nitrogen and oxygen atoms in total. The van der Waals surface area contributed by atoms with E-state index in [9.17, 15) is 9.59 Å². The maximum atomic E-state index is 13.1. The lowest BCUT2D eigenvalue weighted by atomic mass is 9.58. The summed E-state index contributed by atoms with van der Waals surface area (Å²) in [6.07, 6.45) is 8.04. The van der Waals surface area contributed by atoms with Gasteiger partial charge in [-0.1, -0.05) is 33.1 Å². The number of hydrogen-bond acceptors (Lipinski definition) is 4. The van der Waals surface area contributed by atoms with Crippen molar-refractivity contribution in [2.24, 2.45) is 10.8 Å². The first kappa shape index (κ1) is 16.7. The normalized spacial score (nSPS) is 43.6. The van der Waals surface area contributed by atoms with E-state index in [1.54, 1.807) is 6.92 Å². The van der Waals surface area contributed by atoms with Crippen molar-refractivity contribution < 1.29 is 14.3 Å². The highest BCUT2D eigenvalue weighted by Gasteiger charge is 2.82. The standard InChI is InChI=1S/C20H28O3S/c1-13(21)18(4)16-14(22)11-17(2,3)12-15(16)23-20-10-8-6-5-7-9-19(18,20)24-20/h5-12H2,1-4H3/t18-,19+,20+/m1/s1. The lowest BCUT2D eigenvalue weighted by molar-refractivity contribution is -0.135. The van der Waals surface area contributed by atoms with Gasteiger partial charge in [-0.3, -0.25) is 9.59 Å². The number of rotatable bonds is 1. The van der Waals surface area contributed by atoms with Crippen molar-refractivity contribution in [3.63, 3.8) is 0 Å². The minimum atomic E-state index is -0.684. The minimum Gasteiger partial charge on any atom is -0.479 e. The average Bonchev–Trinajstić information content (AvgIpc) is 3.05. The van der Waals surface area contributed by atoms with Crippen LogP contribution in [0.15, 0.2) is 11.3 Å². The van der Waals surface area contributed by atoms with Gasteiger partial charge in [-0.2, -0.15) is 0 Å². The lowest BCUT2D eigenvalue weighted by Crippen LogP contribution is -2.55. The van der Waals surface area contributed by atoms with Crippen LogP contribution in [0.2, 0.25) is 0 Å². The number of ketones is 2. The predicted molar refractivity (Wildman–Crippen MR) is 95.7 cm³/mol. The molecule has 0 unspecified atom stereocenters. The quantitative estimate of drug-likeness (QED) is 0.639. The Morgan fingerprint density at radius 2 is 1.71 bits per heavy atom. The van der Waals surface area contributed by atoms with Crippen LogP contribution in [0.1, 0.15) is 79.1 Å². The summed E-state index contributed by atoms with van der Waals surface area (Å²) in [6.45, 7) is 7.97. The largest absolute Gasteiger partial charge is 0.479 e. The molecule has 2 aliphatic heterocycles. The van der Waals surface area contributed by atoms with E-state index in [2.05, 4.69) is 13.8 Å². The Morgan fingerprint density at radius 3 is 2.38 bits per heavy atom. The highest BCUT2D eigenvalue weighted by Crippen LogP contribution is 2.81. The van der Waals surface area contributed by atoms with Crippen LogP contribution in [0.3, 0.4) is 0 Å². The Hall–Kier alpha value is -0.770. The van der Waals surface area contributed by atoms with Crippen LogP contribution >= 0.6 is 11.8 Å². The zero-order chi connectivity index (χ0) is 17.4. The molecule has 0 aromatic carbocycles. The molecular weight excluding hydrogens is 320 g/mol. The lowest BCUT2D eigenvalue weighted by Gasteiger charge is -2.48. The van der Waals surface area contributed by atoms with Gasteiger partial charge in [-0.15, -0.1) is 11.8 Å². The van der Waals surface area contributed by atoms with Gasteiger partial charge < -0.3 is 4.74 Å². The summed E-state index contributed by atoms with van der Waals surface area (Å²) < 4.78 is 6.38. The molecule has 1 saturated carbocycles. The number of hydrogen-bond donors (Lipinski definition) is 0. The summed E-state index contributed by atoms with van der Waals surface area (Å²) in [5.74, 6) is 1.10. The molecule has 24 heavy (non-hydrogen) atoms. The highest BCUT2D eigenvalue weighted by molar-refractivity contribution is 8.09. The van der Waals surface area contributed by atoms with Gasteiger partial charge >= 0.3 is 0 Å². The summed E-state index contributed by atoms with van der Waals surface area (Å²) in [6, 6.07) is 0. The molecule has 132 valence electrons. The van der Waals surface area contributed by atoms with Gasteiger partial charge in [0, 0.05) is 18.4 Å². The maximum Gasteiger partial charge on any atom is 0.170 e.